The highest BCUT2D eigenvalue weighted by Crippen LogP contribution is 2.26. The topological polar surface area (TPSA) is 77.3 Å². The zero-order chi connectivity index (χ0) is 14.0. The first kappa shape index (κ1) is 14.2. The molecule has 0 aliphatic rings. The molecule has 0 aliphatic carbocycles. The molecule has 9 heteroatoms. The molecule has 98 valence electrons. The molecule has 0 spiro atoms. The molecular weight excluding hydrogens is 271 g/mol. The minimum absolute atomic E-state index is 0.0861. The first-order chi connectivity index (χ1) is 8.15. The molecular formula is C9H9F3N3O2S+. The number of hydrogen-bond donors (Lipinski definition) is 1. The minimum atomic E-state index is -4.68. The van der Waals surface area contributed by atoms with Gasteiger partial charge in [-0.25, -0.2) is 4.21 Å². The Morgan fingerprint density at radius 1 is 1.56 bits per heavy atom. The van der Waals surface area contributed by atoms with Crippen molar-refractivity contribution in [2.45, 2.75) is 11.9 Å². The normalized spacial score (nSPS) is 14.6. The van der Waals surface area contributed by atoms with Crippen LogP contribution in [0.3, 0.4) is 0 Å². The minimum Gasteiger partial charge on any atom is -0.285 e. The molecule has 1 aromatic rings. The summed E-state index contributed by atoms with van der Waals surface area (Å²) in [4.78, 5) is 0. The van der Waals surface area contributed by atoms with E-state index in [2.05, 4.69) is 4.36 Å². The van der Waals surface area contributed by atoms with Crippen molar-refractivity contribution in [2.75, 3.05) is 6.26 Å². The van der Waals surface area contributed by atoms with Gasteiger partial charge in [0.1, 0.15) is 0 Å². The van der Waals surface area contributed by atoms with Crippen LogP contribution >= 0.6 is 0 Å². The molecule has 0 saturated carbocycles. The Labute approximate surface area is 101 Å². The Balaban J connectivity index is 3.12. The monoisotopic (exact) mass is 280 g/mol. The molecule has 0 aliphatic heterocycles. The van der Waals surface area contributed by atoms with Crippen LogP contribution in [0.2, 0.25) is 0 Å². The van der Waals surface area contributed by atoms with Gasteiger partial charge < -0.3 is 0 Å². The maximum atomic E-state index is 12.3. The SMILES string of the molecule is CS(=O)(Cc1ccc(C(F)(F)F)[n+](O)c1)=NC#N. The Bertz CT molecular complexity index is 612. The van der Waals surface area contributed by atoms with Crippen LogP contribution in [0.5, 0.6) is 0 Å². The second-order valence-electron chi connectivity index (χ2n) is 3.56. The largest absolute Gasteiger partial charge is 0.482 e. The molecule has 0 saturated heterocycles. The van der Waals surface area contributed by atoms with E-state index in [0.29, 0.717) is 6.07 Å². The molecule has 0 bridgehead atoms. The van der Waals surface area contributed by atoms with E-state index in [4.69, 9.17) is 10.5 Å². The van der Waals surface area contributed by atoms with Gasteiger partial charge in [-0.15, -0.1) is 4.36 Å². The van der Waals surface area contributed by atoms with Gasteiger partial charge in [-0.1, -0.05) is 0 Å². The lowest BCUT2D eigenvalue weighted by atomic mass is 10.2. The fourth-order valence-corrected chi connectivity index (χ4v) is 2.30. The molecule has 0 amide bonds. The summed E-state index contributed by atoms with van der Waals surface area (Å²) >= 11 is 0. The lowest BCUT2D eigenvalue weighted by Crippen LogP contribution is -2.39. The summed E-state index contributed by atoms with van der Waals surface area (Å²) in [7, 11) is -2.84. The van der Waals surface area contributed by atoms with Crippen LogP contribution in [-0.2, 0) is 21.7 Å². The van der Waals surface area contributed by atoms with Crippen LogP contribution in [0.15, 0.2) is 22.7 Å². The first-order valence-corrected chi connectivity index (χ1v) is 6.64. The maximum absolute atomic E-state index is 12.3. The average Bonchev–Trinajstić information content (AvgIpc) is 2.13. The third-order valence-corrected chi connectivity index (χ3v) is 3.29. The van der Waals surface area contributed by atoms with E-state index in [1.165, 1.54) is 12.4 Å². The number of nitrogens with zero attached hydrogens (tertiary/aromatic N) is 3. The summed E-state index contributed by atoms with van der Waals surface area (Å²) in [5.41, 5.74) is -1.07. The second kappa shape index (κ2) is 4.81. The smallest absolute Gasteiger partial charge is 0.285 e. The van der Waals surface area contributed by atoms with Crippen LogP contribution in [0.4, 0.5) is 13.2 Å². The third kappa shape index (κ3) is 3.59. The standard InChI is InChI=1S/C9H9F3N3O2S/c1-18(17,14-6-13)5-7-2-3-8(9(10,11)12)15(16)4-7/h2-4,16H,5H2,1H3/q+1. The molecule has 1 N–H and O–H groups in total. The van der Waals surface area contributed by atoms with Crippen LogP contribution in [0.1, 0.15) is 11.3 Å². The van der Waals surface area contributed by atoms with Gasteiger partial charge >= 0.3 is 11.9 Å². The lowest BCUT2D eigenvalue weighted by molar-refractivity contribution is -0.915. The summed E-state index contributed by atoms with van der Waals surface area (Å²) < 4.78 is 51.8. The fraction of sp³-hybridized carbons (Fsp3) is 0.333. The van der Waals surface area contributed by atoms with E-state index in [1.54, 1.807) is 0 Å². The number of halogens is 3. The van der Waals surface area contributed by atoms with E-state index in [9.17, 15) is 17.4 Å². The summed E-state index contributed by atoms with van der Waals surface area (Å²) in [5.74, 6) is -0.223. The summed E-state index contributed by atoms with van der Waals surface area (Å²) in [5, 5.41) is 17.4. The Morgan fingerprint density at radius 2 is 2.17 bits per heavy atom. The molecule has 5 nitrogen and oxygen atoms in total. The molecule has 1 atom stereocenters. The molecule has 1 unspecified atom stereocenters. The van der Waals surface area contributed by atoms with E-state index >= 15 is 0 Å². The van der Waals surface area contributed by atoms with Crippen LogP contribution in [-0.4, -0.2) is 15.7 Å². The third-order valence-electron chi connectivity index (χ3n) is 1.95. The van der Waals surface area contributed by atoms with Gasteiger partial charge in [0.05, 0.1) is 15.5 Å². The average molecular weight is 280 g/mol. The van der Waals surface area contributed by atoms with E-state index < -0.39 is 21.6 Å². The highest BCUT2D eigenvalue weighted by molar-refractivity contribution is 7.92. The number of rotatable bonds is 2. The van der Waals surface area contributed by atoms with Crippen molar-refractivity contribution in [3.63, 3.8) is 0 Å². The molecule has 0 radical (unpaired) electrons. The number of aromatic nitrogens is 1. The van der Waals surface area contributed by atoms with Crippen LogP contribution in [0.25, 0.3) is 0 Å². The lowest BCUT2D eigenvalue weighted by Gasteiger charge is -2.04. The molecule has 0 aromatic carbocycles. The Kier molecular flexibility index (Phi) is 3.81. The van der Waals surface area contributed by atoms with Gasteiger partial charge in [-0.3, -0.25) is 5.21 Å². The maximum Gasteiger partial charge on any atom is 0.482 e. The molecule has 18 heavy (non-hydrogen) atoms. The van der Waals surface area contributed by atoms with Gasteiger partial charge in [0.2, 0.25) is 12.4 Å². The zero-order valence-electron chi connectivity index (χ0n) is 9.18. The van der Waals surface area contributed by atoms with Crippen LogP contribution < -0.4 is 4.73 Å². The van der Waals surface area contributed by atoms with Crippen molar-refractivity contribution < 1.29 is 27.3 Å². The van der Waals surface area contributed by atoms with Crippen molar-refractivity contribution in [3.05, 3.63) is 29.6 Å². The van der Waals surface area contributed by atoms with Crippen molar-refractivity contribution >= 4 is 9.73 Å². The van der Waals surface area contributed by atoms with Crippen molar-refractivity contribution in [1.29, 1.82) is 5.26 Å². The molecule has 1 rings (SSSR count). The molecule has 1 aromatic heterocycles. The summed E-state index contributed by atoms with van der Waals surface area (Å²) in [6, 6.07) is 1.74. The highest BCUT2D eigenvalue weighted by atomic mass is 32.2. The van der Waals surface area contributed by atoms with Crippen LogP contribution in [0, 0.1) is 11.5 Å². The van der Waals surface area contributed by atoms with E-state index in [1.807, 2.05) is 0 Å². The number of hydrogen-bond acceptors (Lipinski definition) is 4. The fourth-order valence-electron chi connectivity index (χ4n) is 1.27. The van der Waals surface area contributed by atoms with Gasteiger partial charge in [-0.05, 0) is 6.07 Å². The van der Waals surface area contributed by atoms with Crippen molar-refractivity contribution in [3.8, 4) is 6.19 Å². The van der Waals surface area contributed by atoms with E-state index in [-0.39, 0.29) is 16.0 Å². The summed E-state index contributed by atoms with van der Waals surface area (Å²) in [6.45, 7) is 0. The molecule has 1 heterocycles. The predicted octanol–water partition coefficient (Wildman–Crippen LogP) is 1.31. The van der Waals surface area contributed by atoms with E-state index in [0.717, 1.165) is 12.3 Å². The number of pyridine rings is 1. The number of nitriles is 1. The second-order valence-corrected chi connectivity index (χ2v) is 5.95. The van der Waals surface area contributed by atoms with Gasteiger partial charge in [-0.2, -0.15) is 18.4 Å². The predicted molar refractivity (Wildman–Crippen MR) is 54.6 cm³/mol. The van der Waals surface area contributed by atoms with Crippen molar-refractivity contribution in [2.24, 2.45) is 4.36 Å². The number of alkyl halides is 3. The van der Waals surface area contributed by atoms with Gasteiger partial charge in [0.25, 0.3) is 0 Å². The summed E-state index contributed by atoms with van der Waals surface area (Å²) in [6.07, 6.45) is -1.31. The molecule has 0 fully saturated rings. The Morgan fingerprint density at radius 3 is 2.61 bits per heavy atom. The van der Waals surface area contributed by atoms with Gasteiger partial charge in [0.15, 0.2) is 0 Å². The van der Waals surface area contributed by atoms with Gasteiger partial charge in [0, 0.05) is 22.6 Å². The quantitative estimate of drug-likeness (QED) is 0.504. The highest BCUT2D eigenvalue weighted by Gasteiger charge is 2.42. The van der Waals surface area contributed by atoms with Crippen molar-refractivity contribution in [1.82, 2.24) is 0 Å². The zero-order valence-corrected chi connectivity index (χ0v) is 9.99. The first-order valence-electron chi connectivity index (χ1n) is 4.55. The Hall–Kier alpha value is -1.82.